The molecule has 1 aromatic carbocycles. The van der Waals surface area contributed by atoms with E-state index in [1.165, 1.54) is 23.4 Å². The minimum atomic E-state index is -0.231. The van der Waals surface area contributed by atoms with Crippen LogP contribution < -0.4 is 10.6 Å². The zero-order valence-corrected chi connectivity index (χ0v) is 12.0. The van der Waals surface area contributed by atoms with E-state index in [1.54, 1.807) is 0 Å². The molecule has 7 heteroatoms. The fraction of sp³-hybridized carbons (Fsp3) is 0.286. The Hall–Kier alpha value is -2.70. The summed E-state index contributed by atoms with van der Waals surface area (Å²) < 4.78 is 1.37. The van der Waals surface area contributed by atoms with E-state index < -0.39 is 0 Å². The number of aryl methyl sites for hydroxylation is 1. The van der Waals surface area contributed by atoms with Crippen molar-refractivity contribution in [3.63, 3.8) is 0 Å². The highest BCUT2D eigenvalue weighted by Crippen LogP contribution is 2.03. The van der Waals surface area contributed by atoms with E-state index in [0.717, 1.165) is 5.56 Å². The fourth-order valence-electron chi connectivity index (χ4n) is 1.72. The third-order valence-corrected chi connectivity index (χ3v) is 2.76. The molecule has 21 heavy (non-hydrogen) atoms. The lowest BCUT2D eigenvalue weighted by molar-refractivity contribution is -0.122. The van der Waals surface area contributed by atoms with Gasteiger partial charge in [-0.05, 0) is 12.5 Å². The van der Waals surface area contributed by atoms with E-state index in [9.17, 15) is 9.59 Å². The number of amides is 2. The standard InChI is InChI=1S/C14H17N5O2/c1-10-3-5-12(6-4-10)7-15-14(21)9-19-8-13(17-18-19)16-11(2)20/h3-6,8H,7,9H2,1-2H3,(H,15,21)(H,16,20). The Balaban J connectivity index is 1.82. The van der Waals surface area contributed by atoms with Gasteiger partial charge < -0.3 is 10.6 Å². The van der Waals surface area contributed by atoms with Gasteiger partial charge in [0.25, 0.3) is 0 Å². The summed E-state index contributed by atoms with van der Waals surface area (Å²) >= 11 is 0. The van der Waals surface area contributed by atoms with Crippen LogP contribution in [0.3, 0.4) is 0 Å². The molecule has 0 atom stereocenters. The third-order valence-electron chi connectivity index (χ3n) is 2.76. The maximum Gasteiger partial charge on any atom is 0.242 e. The van der Waals surface area contributed by atoms with Gasteiger partial charge in [-0.25, -0.2) is 4.68 Å². The number of rotatable bonds is 5. The topological polar surface area (TPSA) is 88.9 Å². The van der Waals surface area contributed by atoms with Crippen molar-refractivity contribution >= 4 is 17.6 Å². The first-order chi connectivity index (χ1) is 10.0. The van der Waals surface area contributed by atoms with Crippen LogP contribution in [0.15, 0.2) is 30.5 Å². The molecule has 0 spiro atoms. The summed E-state index contributed by atoms with van der Waals surface area (Å²) in [5, 5.41) is 12.8. The highest BCUT2D eigenvalue weighted by atomic mass is 16.2. The van der Waals surface area contributed by atoms with Gasteiger partial charge in [0, 0.05) is 13.5 Å². The normalized spacial score (nSPS) is 10.2. The van der Waals surface area contributed by atoms with E-state index in [-0.39, 0.29) is 18.4 Å². The van der Waals surface area contributed by atoms with E-state index in [0.29, 0.717) is 12.4 Å². The maximum atomic E-state index is 11.8. The molecule has 0 saturated heterocycles. The molecule has 1 aromatic heterocycles. The first-order valence-electron chi connectivity index (χ1n) is 6.53. The largest absolute Gasteiger partial charge is 0.350 e. The quantitative estimate of drug-likeness (QED) is 0.853. The Morgan fingerprint density at radius 1 is 1.24 bits per heavy atom. The SMILES string of the molecule is CC(=O)Nc1cn(CC(=O)NCc2ccc(C)cc2)nn1. The molecule has 0 fully saturated rings. The number of hydrogen-bond acceptors (Lipinski definition) is 4. The van der Waals surface area contributed by atoms with Gasteiger partial charge in [0.15, 0.2) is 5.82 Å². The number of anilines is 1. The lowest BCUT2D eigenvalue weighted by Gasteiger charge is -2.05. The summed E-state index contributed by atoms with van der Waals surface area (Å²) in [6.45, 7) is 3.91. The van der Waals surface area contributed by atoms with E-state index in [2.05, 4.69) is 20.9 Å². The Bertz CT molecular complexity index is 633. The molecule has 0 aliphatic rings. The smallest absolute Gasteiger partial charge is 0.242 e. The lowest BCUT2D eigenvalue weighted by Crippen LogP contribution is -2.27. The number of nitrogens with one attached hydrogen (secondary N) is 2. The van der Waals surface area contributed by atoms with E-state index in [1.807, 2.05) is 31.2 Å². The molecule has 2 amide bonds. The van der Waals surface area contributed by atoms with Crippen LogP contribution in [0.1, 0.15) is 18.1 Å². The number of nitrogens with zero attached hydrogens (tertiary/aromatic N) is 3. The minimum absolute atomic E-state index is 0.0540. The average Bonchev–Trinajstić information content (AvgIpc) is 2.84. The van der Waals surface area contributed by atoms with Crippen LogP contribution in [-0.2, 0) is 22.7 Å². The van der Waals surface area contributed by atoms with Crippen molar-refractivity contribution in [3.8, 4) is 0 Å². The van der Waals surface area contributed by atoms with Crippen LogP contribution in [0, 0.1) is 6.92 Å². The van der Waals surface area contributed by atoms with Crippen molar-refractivity contribution in [2.24, 2.45) is 0 Å². The highest BCUT2D eigenvalue weighted by Gasteiger charge is 2.06. The number of carbonyl (C=O) groups is 2. The lowest BCUT2D eigenvalue weighted by atomic mass is 10.1. The van der Waals surface area contributed by atoms with Gasteiger partial charge in [0.05, 0.1) is 6.20 Å². The monoisotopic (exact) mass is 287 g/mol. The number of hydrogen-bond donors (Lipinski definition) is 2. The predicted octanol–water partition coefficient (Wildman–Crippen LogP) is 0.861. The third kappa shape index (κ3) is 4.72. The van der Waals surface area contributed by atoms with Crippen LogP contribution in [0.5, 0.6) is 0 Å². The number of benzene rings is 1. The first kappa shape index (κ1) is 14.7. The molecular weight excluding hydrogens is 270 g/mol. The summed E-state index contributed by atoms with van der Waals surface area (Å²) in [7, 11) is 0. The van der Waals surface area contributed by atoms with E-state index in [4.69, 9.17) is 0 Å². The Morgan fingerprint density at radius 3 is 2.62 bits per heavy atom. The molecule has 0 bridgehead atoms. The summed E-state index contributed by atoms with van der Waals surface area (Å²) in [6.07, 6.45) is 1.51. The fourth-order valence-corrected chi connectivity index (χ4v) is 1.72. The second-order valence-corrected chi connectivity index (χ2v) is 4.74. The van der Waals surface area contributed by atoms with Crippen LogP contribution in [0.2, 0.25) is 0 Å². The second-order valence-electron chi connectivity index (χ2n) is 4.74. The summed E-state index contributed by atoms with van der Waals surface area (Å²) in [5.41, 5.74) is 2.21. The van der Waals surface area contributed by atoms with Gasteiger partial charge in [0.1, 0.15) is 6.54 Å². The van der Waals surface area contributed by atoms with Gasteiger partial charge in [-0.3, -0.25) is 9.59 Å². The van der Waals surface area contributed by atoms with Crippen molar-refractivity contribution < 1.29 is 9.59 Å². The van der Waals surface area contributed by atoms with Gasteiger partial charge >= 0.3 is 0 Å². The molecule has 1 heterocycles. The molecule has 110 valence electrons. The van der Waals surface area contributed by atoms with Crippen LogP contribution in [-0.4, -0.2) is 26.8 Å². The number of carbonyl (C=O) groups excluding carboxylic acids is 2. The van der Waals surface area contributed by atoms with Gasteiger partial charge in [-0.1, -0.05) is 35.0 Å². The molecular formula is C14H17N5O2. The minimum Gasteiger partial charge on any atom is -0.350 e. The number of aromatic nitrogens is 3. The summed E-state index contributed by atoms with van der Waals surface area (Å²) in [4.78, 5) is 22.7. The Morgan fingerprint density at radius 2 is 1.95 bits per heavy atom. The molecule has 0 radical (unpaired) electrons. The highest BCUT2D eigenvalue weighted by molar-refractivity contribution is 5.87. The Kier molecular flexibility index (Phi) is 4.65. The van der Waals surface area contributed by atoms with Crippen molar-refractivity contribution in [1.82, 2.24) is 20.3 Å². The molecule has 2 rings (SSSR count). The zero-order valence-electron chi connectivity index (χ0n) is 12.0. The average molecular weight is 287 g/mol. The molecule has 0 aliphatic heterocycles. The van der Waals surface area contributed by atoms with Gasteiger partial charge in [-0.2, -0.15) is 0 Å². The Labute approximate surface area is 122 Å². The summed E-state index contributed by atoms with van der Waals surface area (Å²) in [5.74, 6) is -0.0745. The molecule has 2 N–H and O–H groups in total. The van der Waals surface area contributed by atoms with Crippen molar-refractivity contribution in [2.45, 2.75) is 26.9 Å². The van der Waals surface area contributed by atoms with E-state index >= 15 is 0 Å². The van der Waals surface area contributed by atoms with Crippen molar-refractivity contribution in [2.75, 3.05) is 5.32 Å². The van der Waals surface area contributed by atoms with Crippen LogP contribution in [0.4, 0.5) is 5.82 Å². The molecule has 7 nitrogen and oxygen atoms in total. The molecule has 0 unspecified atom stereocenters. The molecule has 0 saturated carbocycles. The zero-order chi connectivity index (χ0) is 15.2. The van der Waals surface area contributed by atoms with Crippen molar-refractivity contribution in [1.29, 1.82) is 0 Å². The van der Waals surface area contributed by atoms with Gasteiger partial charge in [-0.15, -0.1) is 5.10 Å². The van der Waals surface area contributed by atoms with Crippen molar-refractivity contribution in [3.05, 3.63) is 41.6 Å². The van der Waals surface area contributed by atoms with Crippen LogP contribution in [0.25, 0.3) is 0 Å². The maximum absolute atomic E-state index is 11.8. The second kappa shape index (κ2) is 6.65. The first-order valence-corrected chi connectivity index (χ1v) is 6.53. The van der Waals surface area contributed by atoms with Crippen LogP contribution >= 0.6 is 0 Å². The molecule has 0 aliphatic carbocycles. The van der Waals surface area contributed by atoms with Gasteiger partial charge in [0.2, 0.25) is 11.8 Å². The molecule has 2 aromatic rings. The predicted molar refractivity (Wildman–Crippen MR) is 77.4 cm³/mol. The summed E-state index contributed by atoms with van der Waals surface area (Å²) in [6, 6.07) is 7.94.